The number of ether oxygens (including phenoxy) is 4. The summed E-state index contributed by atoms with van der Waals surface area (Å²) in [5.74, 6) is 0.0257. The molecule has 18 heteroatoms. The van der Waals surface area contributed by atoms with Crippen LogP contribution in [0.4, 0.5) is 5.69 Å². The fourth-order valence-corrected chi connectivity index (χ4v) is 3.88. The van der Waals surface area contributed by atoms with Crippen LogP contribution in [0.1, 0.15) is 0 Å². The van der Waals surface area contributed by atoms with Gasteiger partial charge in [0.1, 0.15) is 54.6 Å². The molecule has 2 aliphatic heterocycles. The van der Waals surface area contributed by atoms with E-state index in [1.807, 2.05) is 0 Å². The first-order chi connectivity index (χ1) is 16.8. The molecule has 1 aromatic carbocycles. The van der Waals surface area contributed by atoms with Crippen molar-refractivity contribution in [3.63, 3.8) is 0 Å². The second-order valence-electron chi connectivity index (χ2n) is 7.90. The maximum atomic E-state index is 10.8. The van der Waals surface area contributed by atoms with E-state index < -0.39 is 89.9 Å². The van der Waals surface area contributed by atoms with Gasteiger partial charge in [-0.1, -0.05) is 0 Å². The normalized spacial score (nSPS) is 37.4. The van der Waals surface area contributed by atoms with E-state index in [9.17, 15) is 49.2 Å². The minimum Gasteiger partial charge on any atom is -0.462 e. The molecule has 204 valence electrons. The summed E-state index contributed by atoms with van der Waals surface area (Å²) in [6.45, 7) is -1.79. The summed E-state index contributed by atoms with van der Waals surface area (Å²) < 4.78 is 55.9. The van der Waals surface area contributed by atoms with Gasteiger partial charge in [-0.2, -0.15) is 8.42 Å². The lowest BCUT2D eigenvalue weighted by atomic mass is 9.97. The zero-order valence-corrected chi connectivity index (χ0v) is 19.0. The minimum absolute atomic E-state index is 0.0257. The number of nitro groups is 1. The average molecular weight is 543 g/mol. The maximum Gasteiger partial charge on any atom is 0.397 e. The van der Waals surface area contributed by atoms with Crippen molar-refractivity contribution in [3.8, 4) is 5.75 Å². The Kier molecular flexibility index (Phi) is 9.14. The number of nitrogens with zero attached hydrogens (tertiary/aromatic N) is 1. The first kappa shape index (κ1) is 28.5. The predicted octanol–water partition coefficient (Wildman–Crippen LogP) is -3.58. The number of non-ortho nitro benzene ring substituents is 1. The van der Waals surface area contributed by atoms with Crippen molar-refractivity contribution in [1.29, 1.82) is 0 Å². The summed E-state index contributed by atoms with van der Waals surface area (Å²) in [7, 11) is -4.94. The van der Waals surface area contributed by atoms with Crippen molar-refractivity contribution in [2.75, 3.05) is 13.2 Å². The molecular weight excluding hydrogens is 518 g/mol. The van der Waals surface area contributed by atoms with E-state index >= 15 is 0 Å². The highest BCUT2D eigenvalue weighted by atomic mass is 32.3. The Morgan fingerprint density at radius 1 is 0.889 bits per heavy atom. The van der Waals surface area contributed by atoms with Crippen LogP contribution in [0.15, 0.2) is 24.3 Å². The van der Waals surface area contributed by atoms with Crippen LogP contribution in [-0.4, -0.2) is 123 Å². The molecule has 17 nitrogen and oxygen atoms in total. The van der Waals surface area contributed by atoms with Crippen molar-refractivity contribution in [2.45, 2.75) is 61.4 Å². The summed E-state index contributed by atoms with van der Waals surface area (Å²) in [4.78, 5) is 10.1. The number of rotatable bonds is 9. The molecule has 0 amide bonds. The van der Waals surface area contributed by atoms with Crippen LogP contribution in [0.25, 0.3) is 0 Å². The number of hydrogen-bond acceptors (Lipinski definition) is 15. The van der Waals surface area contributed by atoms with Gasteiger partial charge in [0.2, 0.25) is 6.29 Å². The van der Waals surface area contributed by atoms with E-state index in [-0.39, 0.29) is 11.4 Å². The first-order valence-corrected chi connectivity index (χ1v) is 11.7. The smallest absolute Gasteiger partial charge is 0.397 e. The Hall–Kier alpha value is -2.07. The van der Waals surface area contributed by atoms with E-state index in [2.05, 4.69) is 4.18 Å². The number of aliphatic hydroxyl groups is 6. The molecule has 0 saturated carbocycles. The largest absolute Gasteiger partial charge is 0.462 e. The number of hydrogen-bond donors (Lipinski definition) is 7. The van der Waals surface area contributed by atoms with Crippen LogP contribution in [0.5, 0.6) is 5.75 Å². The van der Waals surface area contributed by atoms with E-state index in [0.717, 1.165) is 12.1 Å². The Balaban J connectivity index is 1.70. The highest BCUT2D eigenvalue weighted by Crippen LogP contribution is 2.30. The van der Waals surface area contributed by atoms with Gasteiger partial charge >= 0.3 is 10.4 Å². The average Bonchev–Trinajstić information content (AvgIpc) is 2.82. The van der Waals surface area contributed by atoms with E-state index in [4.69, 9.17) is 23.5 Å². The predicted molar refractivity (Wildman–Crippen MR) is 111 cm³/mol. The summed E-state index contributed by atoms with van der Waals surface area (Å²) in [6, 6.07) is 4.68. The molecule has 0 spiro atoms. The van der Waals surface area contributed by atoms with E-state index in [1.165, 1.54) is 12.1 Å². The van der Waals surface area contributed by atoms with Gasteiger partial charge in [0.25, 0.3) is 5.69 Å². The molecule has 0 bridgehead atoms. The van der Waals surface area contributed by atoms with Crippen molar-refractivity contribution in [1.82, 2.24) is 0 Å². The Bertz CT molecular complexity index is 989. The topological polar surface area (TPSA) is 265 Å². The molecule has 1 aromatic rings. The monoisotopic (exact) mass is 543 g/mol. The minimum atomic E-state index is -4.94. The van der Waals surface area contributed by atoms with Crippen LogP contribution < -0.4 is 4.74 Å². The van der Waals surface area contributed by atoms with Crippen LogP contribution in [-0.2, 0) is 28.8 Å². The SMILES string of the molecule is O=[N+]([O-])c1ccc(O[C@@H]2O[C@H](CO)[C@@H](O[C@@H]3O[C@H](COS(=O)(=O)O)[C@H](O)[C@H](O)[C@H]3O)[C@H](O)[C@H]2O)cc1. The number of benzene rings is 1. The van der Waals surface area contributed by atoms with E-state index in [0.29, 0.717) is 0 Å². The molecule has 0 aliphatic carbocycles. The third-order valence-corrected chi connectivity index (χ3v) is 5.90. The van der Waals surface area contributed by atoms with Crippen molar-refractivity contribution in [3.05, 3.63) is 34.4 Å². The highest BCUT2D eigenvalue weighted by molar-refractivity contribution is 7.80. The Morgan fingerprint density at radius 2 is 1.47 bits per heavy atom. The second-order valence-corrected chi connectivity index (χ2v) is 8.99. The lowest BCUT2D eigenvalue weighted by molar-refractivity contribution is -0.384. The van der Waals surface area contributed by atoms with Crippen molar-refractivity contribution < 1.29 is 71.7 Å². The van der Waals surface area contributed by atoms with Gasteiger partial charge in [0.15, 0.2) is 6.29 Å². The molecule has 3 rings (SSSR count). The van der Waals surface area contributed by atoms with Gasteiger partial charge in [-0.05, 0) is 12.1 Å². The van der Waals surface area contributed by atoms with Gasteiger partial charge in [-0.3, -0.25) is 14.7 Å². The molecular formula is C18H25NO16S. The molecule has 0 radical (unpaired) electrons. The van der Waals surface area contributed by atoms with Crippen LogP contribution >= 0.6 is 0 Å². The maximum absolute atomic E-state index is 10.8. The quantitative estimate of drug-likeness (QED) is 0.0901. The van der Waals surface area contributed by atoms with Gasteiger partial charge in [0.05, 0.1) is 18.1 Å². The molecule has 0 aromatic heterocycles. The Morgan fingerprint density at radius 3 is 2.03 bits per heavy atom. The highest BCUT2D eigenvalue weighted by Gasteiger charge is 2.51. The number of nitro benzene ring substituents is 1. The molecule has 2 saturated heterocycles. The van der Waals surface area contributed by atoms with Crippen LogP contribution in [0, 0.1) is 10.1 Å². The second kappa shape index (κ2) is 11.5. The van der Waals surface area contributed by atoms with Crippen LogP contribution in [0.3, 0.4) is 0 Å². The molecule has 2 aliphatic rings. The van der Waals surface area contributed by atoms with Crippen molar-refractivity contribution in [2.24, 2.45) is 0 Å². The van der Waals surface area contributed by atoms with Crippen LogP contribution in [0.2, 0.25) is 0 Å². The third-order valence-electron chi connectivity index (χ3n) is 5.46. The molecule has 10 atom stereocenters. The van der Waals surface area contributed by atoms with Gasteiger partial charge in [-0.25, -0.2) is 4.18 Å². The third kappa shape index (κ3) is 6.62. The molecule has 7 N–H and O–H groups in total. The standard InChI is InChI=1S/C18H25NO16S/c20-5-9-16(35-18-14(24)12(22)11(21)10(34-18)6-31-36(28,29)30)13(23)15(25)17(33-9)32-8-3-1-7(2-4-8)19(26)27/h1-4,9-18,20-25H,5-6H2,(H,28,29,30)/t9-,10-,11+,12+,13-,14-,15-,16-,17-,18+/m1/s1. The number of aliphatic hydroxyl groups excluding tert-OH is 6. The summed E-state index contributed by atoms with van der Waals surface area (Å²) >= 11 is 0. The molecule has 2 fully saturated rings. The van der Waals surface area contributed by atoms with Gasteiger partial charge in [-0.15, -0.1) is 0 Å². The fourth-order valence-electron chi connectivity index (χ4n) is 3.57. The summed E-state index contributed by atoms with van der Waals surface area (Å²) in [5, 5.41) is 71.8. The van der Waals surface area contributed by atoms with Crippen molar-refractivity contribution >= 4 is 16.1 Å². The molecule has 0 unspecified atom stereocenters. The van der Waals surface area contributed by atoms with Gasteiger partial charge < -0.3 is 49.6 Å². The zero-order valence-electron chi connectivity index (χ0n) is 18.2. The fraction of sp³-hybridized carbons (Fsp3) is 0.667. The van der Waals surface area contributed by atoms with E-state index in [1.54, 1.807) is 0 Å². The molecule has 2 heterocycles. The first-order valence-electron chi connectivity index (χ1n) is 10.3. The lowest BCUT2D eigenvalue weighted by Crippen LogP contribution is -2.65. The molecule has 36 heavy (non-hydrogen) atoms. The van der Waals surface area contributed by atoms with Gasteiger partial charge in [0, 0.05) is 12.1 Å². The summed E-state index contributed by atoms with van der Waals surface area (Å²) in [6.07, 6.45) is -17.5. The summed E-state index contributed by atoms with van der Waals surface area (Å²) in [5.41, 5.74) is -0.229. The zero-order chi connectivity index (χ0) is 26.8. The lowest BCUT2D eigenvalue weighted by Gasteiger charge is -2.45. The Labute approximate surface area is 203 Å².